The van der Waals surface area contributed by atoms with Crippen LogP contribution in [-0.4, -0.2) is 12.5 Å². The fourth-order valence-electron chi connectivity index (χ4n) is 4.78. The first-order valence-corrected chi connectivity index (χ1v) is 15.6. The molecule has 0 spiro atoms. The van der Waals surface area contributed by atoms with Crippen molar-refractivity contribution in [1.29, 1.82) is 0 Å². The van der Waals surface area contributed by atoms with Crippen molar-refractivity contribution in [1.82, 2.24) is 5.32 Å². The summed E-state index contributed by atoms with van der Waals surface area (Å²) in [6.45, 7) is 5.23. The maximum Gasteiger partial charge on any atom is 0.219 e. The Balaban J connectivity index is 3.04. The molecule has 0 aliphatic rings. The minimum absolute atomic E-state index is 0.242. The largest absolute Gasteiger partial charge is 0.356 e. The van der Waals surface area contributed by atoms with Gasteiger partial charge in [0.1, 0.15) is 0 Å². The molecule has 2 heteroatoms. The third-order valence-corrected chi connectivity index (χ3v) is 7.08. The van der Waals surface area contributed by atoms with E-state index in [1.165, 1.54) is 154 Å². The van der Waals surface area contributed by atoms with Gasteiger partial charge in [-0.3, -0.25) is 4.79 Å². The summed E-state index contributed by atoms with van der Waals surface area (Å²) in [5.41, 5.74) is 0. The van der Waals surface area contributed by atoms with Gasteiger partial charge in [-0.2, -0.15) is 0 Å². The summed E-state index contributed by atoms with van der Waals surface area (Å²) in [4.78, 5) is 11.5. The Kier molecular flexibility index (Phi) is 29.0. The van der Waals surface area contributed by atoms with Crippen molar-refractivity contribution in [3.63, 3.8) is 0 Å². The Morgan fingerprint density at radius 3 is 0.939 bits per heavy atom. The van der Waals surface area contributed by atoms with Crippen molar-refractivity contribution in [3.05, 3.63) is 0 Å². The fourth-order valence-corrected chi connectivity index (χ4v) is 4.78. The zero-order chi connectivity index (χ0) is 24.1. The second-order valence-electron chi connectivity index (χ2n) is 10.6. The van der Waals surface area contributed by atoms with Gasteiger partial charge in [-0.15, -0.1) is 0 Å². The van der Waals surface area contributed by atoms with Gasteiger partial charge >= 0.3 is 0 Å². The van der Waals surface area contributed by atoms with Crippen LogP contribution in [-0.2, 0) is 4.79 Å². The molecule has 1 N–H and O–H groups in total. The van der Waals surface area contributed by atoms with E-state index in [1.807, 2.05) is 0 Å². The molecule has 1 amide bonds. The zero-order valence-corrected chi connectivity index (χ0v) is 23.2. The lowest BCUT2D eigenvalue weighted by molar-refractivity contribution is -0.121. The SMILES string of the molecule is CCCCCCCCCCCCCCCCCCCCCCCCCCCC(=O)NCCC. The zero-order valence-electron chi connectivity index (χ0n) is 23.2. The Bertz CT molecular complexity index is 368. The smallest absolute Gasteiger partial charge is 0.219 e. The van der Waals surface area contributed by atoms with Gasteiger partial charge < -0.3 is 5.32 Å². The molecule has 0 fully saturated rings. The molecule has 0 saturated heterocycles. The second kappa shape index (κ2) is 29.5. The highest BCUT2D eigenvalue weighted by Gasteiger charge is 2.00. The first-order valence-electron chi connectivity index (χ1n) is 15.6. The highest BCUT2D eigenvalue weighted by Crippen LogP contribution is 2.15. The molecule has 0 aromatic heterocycles. The van der Waals surface area contributed by atoms with Crippen molar-refractivity contribution >= 4 is 5.91 Å². The van der Waals surface area contributed by atoms with Crippen LogP contribution in [0.2, 0.25) is 0 Å². The minimum atomic E-state index is 0.242. The summed E-state index contributed by atoms with van der Waals surface area (Å²) in [7, 11) is 0. The van der Waals surface area contributed by atoms with Crippen LogP contribution in [0.3, 0.4) is 0 Å². The number of unbranched alkanes of at least 4 members (excludes halogenated alkanes) is 24. The van der Waals surface area contributed by atoms with Gasteiger partial charge in [0.05, 0.1) is 0 Å². The van der Waals surface area contributed by atoms with Gasteiger partial charge in [0.2, 0.25) is 5.91 Å². The number of hydrogen-bond acceptors (Lipinski definition) is 1. The van der Waals surface area contributed by atoms with Gasteiger partial charge in [0, 0.05) is 13.0 Å². The first-order chi connectivity index (χ1) is 16.3. The highest BCUT2D eigenvalue weighted by atomic mass is 16.1. The number of amides is 1. The van der Waals surface area contributed by atoms with E-state index >= 15 is 0 Å². The van der Waals surface area contributed by atoms with Gasteiger partial charge in [0.25, 0.3) is 0 Å². The fraction of sp³-hybridized carbons (Fsp3) is 0.968. The van der Waals surface area contributed by atoms with E-state index in [4.69, 9.17) is 0 Å². The molecule has 0 aliphatic carbocycles. The van der Waals surface area contributed by atoms with Gasteiger partial charge in [0.15, 0.2) is 0 Å². The summed E-state index contributed by atoms with van der Waals surface area (Å²) < 4.78 is 0. The molecule has 198 valence electrons. The average molecular weight is 466 g/mol. The third kappa shape index (κ3) is 29.4. The lowest BCUT2D eigenvalue weighted by Gasteiger charge is -2.05. The van der Waals surface area contributed by atoms with E-state index in [2.05, 4.69) is 19.2 Å². The van der Waals surface area contributed by atoms with E-state index in [-0.39, 0.29) is 5.91 Å². The Morgan fingerprint density at radius 1 is 0.394 bits per heavy atom. The first kappa shape index (κ1) is 32.5. The third-order valence-electron chi connectivity index (χ3n) is 7.08. The Labute approximate surface area is 209 Å². The van der Waals surface area contributed by atoms with Crippen LogP contribution in [0.15, 0.2) is 0 Å². The minimum Gasteiger partial charge on any atom is -0.356 e. The van der Waals surface area contributed by atoms with Crippen molar-refractivity contribution in [2.75, 3.05) is 6.54 Å². The van der Waals surface area contributed by atoms with Gasteiger partial charge in [-0.1, -0.05) is 168 Å². The van der Waals surface area contributed by atoms with Crippen molar-refractivity contribution < 1.29 is 4.79 Å². The molecule has 0 unspecified atom stereocenters. The molecule has 0 aromatic carbocycles. The average Bonchev–Trinajstić information content (AvgIpc) is 2.82. The van der Waals surface area contributed by atoms with Crippen LogP contribution in [0.1, 0.15) is 187 Å². The van der Waals surface area contributed by atoms with Crippen LogP contribution in [0.5, 0.6) is 0 Å². The Morgan fingerprint density at radius 2 is 0.667 bits per heavy atom. The number of carbonyl (C=O) groups is 1. The van der Waals surface area contributed by atoms with Crippen LogP contribution >= 0.6 is 0 Å². The van der Waals surface area contributed by atoms with E-state index in [0.29, 0.717) is 0 Å². The van der Waals surface area contributed by atoms with E-state index in [1.54, 1.807) is 0 Å². The molecule has 0 saturated carbocycles. The predicted octanol–water partition coefficient (Wildman–Crippen LogP) is 10.7. The molecule has 0 heterocycles. The molecule has 33 heavy (non-hydrogen) atoms. The molecular weight excluding hydrogens is 402 g/mol. The van der Waals surface area contributed by atoms with Gasteiger partial charge in [-0.25, -0.2) is 0 Å². The van der Waals surface area contributed by atoms with E-state index in [9.17, 15) is 4.79 Å². The standard InChI is InChI=1S/C31H63NO/c1-3-5-6-7-8-9-10-11-12-13-14-15-16-17-18-19-20-21-22-23-24-25-26-27-28-29-31(33)32-30-4-2/h3-30H2,1-2H3,(H,32,33). The van der Waals surface area contributed by atoms with Crippen LogP contribution in [0.4, 0.5) is 0 Å². The molecule has 2 nitrogen and oxygen atoms in total. The number of nitrogens with one attached hydrogen (secondary N) is 1. The number of rotatable bonds is 28. The van der Waals surface area contributed by atoms with Crippen LogP contribution < -0.4 is 5.32 Å². The molecular formula is C31H63NO. The monoisotopic (exact) mass is 465 g/mol. The second-order valence-corrected chi connectivity index (χ2v) is 10.6. The molecule has 0 aliphatic heterocycles. The molecule has 0 atom stereocenters. The van der Waals surface area contributed by atoms with Gasteiger partial charge in [-0.05, 0) is 12.8 Å². The molecule has 0 radical (unpaired) electrons. The molecule has 0 bridgehead atoms. The maximum atomic E-state index is 11.5. The highest BCUT2D eigenvalue weighted by molar-refractivity contribution is 5.75. The number of carbonyl (C=O) groups excluding carboxylic acids is 1. The Hall–Kier alpha value is -0.530. The van der Waals surface area contributed by atoms with E-state index < -0.39 is 0 Å². The van der Waals surface area contributed by atoms with Crippen molar-refractivity contribution in [3.8, 4) is 0 Å². The normalized spacial score (nSPS) is 11.2. The van der Waals surface area contributed by atoms with E-state index in [0.717, 1.165) is 25.8 Å². The van der Waals surface area contributed by atoms with Crippen LogP contribution in [0.25, 0.3) is 0 Å². The summed E-state index contributed by atoms with van der Waals surface area (Å²) in [5, 5.41) is 2.96. The summed E-state index contributed by atoms with van der Waals surface area (Å²) in [5.74, 6) is 0.242. The van der Waals surface area contributed by atoms with Crippen LogP contribution in [0, 0.1) is 0 Å². The summed E-state index contributed by atoms with van der Waals surface area (Å²) >= 11 is 0. The lowest BCUT2D eigenvalue weighted by Crippen LogP contribution is -2.23. The summed E-state index contributed by atoms with van der Waals surface area (Å²) in [6.07, 6.45) is 37.2. The maximum absolute atomic E-state index is 11.5. The topological polar surface area (TPSA) is 29.1 Å². The van der Waals surface area contributed by atoms with Crippen molar-refractivity contribution in [2.45, 2.75) is 187 Å². The quantitative estimate of drug-likeness (QED) is 0.114. The predicted molar refractivity (Wildman–Crippen MR) is 149 cm³/mol. The van der Waals surface area contributed by atoms with Crippen molar-refractivity contribution in [2.24, 2.45) is 0 Å². The molecule has 0 aromatic rings. The number of hydrogen-bond donors (Lipinski definition) is 1. The summed E-state index contributed by atoms with van der Waals surface area (Å²) in [6, 6.07) is 0. The molecule has 0 rings (SSSR count). The lowest BCUT2D eigenvalue weighted by atomic mass is 10.0.